The summed E-state index contributed by atoms with van der Waals surface area (Å²) in [5.74, 6) is 0.205. The van der Waals surface area contributed by atoms with Crippen molar-refractivity contribution >= 4 is 34.0 Å². The third-order valence-electron chi connectivity index (χ3n) is 3.93. The van der Waals surface area contributed by atoms with E-state index < -0.39 is 11.9 Å². The van der Waals surface area contributed by atoms with Crippen LogP contribution in [0, 0.1) is 6.92 Å². The fourth-order valence-corrected chi connectivity index (χ4v) is 2.78. The van der Waals surface area contributed by atoms with Crippen LogP contribution in [0.2, 0.25) is 0 Å². The number of carbonyl (C=O) groups excluding carboxylic acids is 1. The van der Waals surface area contributed by atoms with Gasteiger partial charge in [-0.2, -0.15) is 5.10 Å². The van der Waals surface area contributed by atoms with E-state index in [1.807, 2.05) is 19.1 Å². The Hall–Kier alpha value is -3.39. The Morgan fingerprint density at radius 1 is 1.17 bits per heavy atom. The molecule has 0 spiro atoms. The average molecular weight is 457 g/mol. The van der Waals surface area contributed by atoms with Gasteiger partial charge in [-0.1, -0.05) is 22.0 Å². The zero-order chi connectivity index (χ0) is 20.8. The minimum atomic E-state index is -0.980. The molecular weight excluding hydrogens is 440 g/mol. The second kappa shape index (κ2) is 9.20. The lowest BCUT2D eigenvalue weighted by atomic mass is 10.0. The van der Waals surface area contributed by atoms with Crippen LogP contribution in [-0.4, -0.2) is 29.8 Å². The van der Waals surface area contributed by atoms with Crippen molar-refractivity contribution in [1.29, 1.82) is 0 Å². The van der Waals surface area contributed by atoms with E-state index in [-0.39, 0.29) is 12.2 Å². The third-order valence-corrected chi connectivity index (χ3v) is 4.46. The summed E-state index contributed by atoms with van der Waals surface area (Å²) in [6.07, 6.45) is 1.38. The van der Waals surface area contributed by atoms with Crippen molar-refractivity contribution in [3.8, 4) is 17.1 Å². The van der Waals surface area contributed by atoms with E-state index in [9.17, 15) is 9.59 Å². The number of benzene rings is 2. The van der Waals surface area contributed by atoms with Gasteiger partial charge in [-0.05, 0) is 61.0 Å². The fraction of sp³-hybridized carbons (Fsp3) is 0.0952. The number of hydrogen-bond donors (Lipinski definition) is 2. The number of hydrazone groups is 1. The summed E-state index contributed by atoms with van der Waals surface area (Å²) in [6.45, 7) is 1.64. The molecule has 2 N–H and O–H groups in total. The number of carboxylic acids is 1. The summed E-state index contributed by atoms with van der Waals surface area (Å²) in [5.41, 5.74) is 4.14. The van der Waals surface area contributed by atoms with Gasteiger partial charge < -0.3 is 14.3 Å². The van der Waals surface area contributed by atoms with Gasteiger partial charge in [-0.15, -0.1) is 0 Å². The fourth-order valence-electron chi connectivity index (χ4n) is 2.52. The Bertz CT molecular complexity index is 1060. The number of rotatable bonds is 7. The number of carbonyl (C=O) groups is 2. The largest absolute Gasteiger partial charge is 0.484 e. The molecule has 0 aliphatic heterocycles. The van der Waals surface area contributed by atoms with Crippen LogP contribution in [0.15, 0.2) is 68.6 Å². The van der Waals surface area contributed by atoms with Crippen LogP contribution in [0.1, 0.15) is 21.7 Å². The molecule has 1 aromatic heterocycles. The van der Waals surface area contributed by atoms with Crippen LogP contribution in [0.25, 0.3) is 11.3 Å². The Morgan fingerprint density at radius 3 is 2.62 bits per heavy atom. The van der Waals surface area contributed by atoms with Gasteiger partial charge in [0.15, 0.2) is 6.61 Å². The maximum Gasteiger partial charge on any atom is 0.335 e. The van der Waals surface area contributed by atoms with Crippen molar-refractivity contribution in [2.24, 2.45) is 5.10 Å². The third kappa shape index (κ3) is 5.55. The van der Waals surface area contributed by atoms with Crippen LogP contribution in [0.3, 0.4) is 0 Å². The van der Waals surface area contributed by atoms with Gasteiger partial charge in [-0.3, -0.25) is 4.79 Å². The molecule has 0 bridgehead atoms. The minimum Gasteiger partial charge on any atom is -0.484 e. The highest BCUT2D eigenvalue weighted by atomic mass is 79.9. The number of ether oxygens (including phenoxy) is 1. The SMILES string of the molecule is Cc1cc(C(=O)O)ccc1-c1ccc(/C=N\NC(=O)COc2ccc(Br)cc2)o1. The molecule has 0 unspecified atom stereocenters. The van der Waals surface area contributed by atoms with Gasteiger partial charge in [0.25, 0.3) is 5.91 Å². The Balaban J connectivity index is 1.55. The van der Waals surface area contributed by atoms with Gasteiger partial charge in [0.05, 0.1) is 11.8 Å². The lowest BCUT2D eigenvalue weighted by Crippen LogP contribution is -2.24. The average Bonchev–Trinajstić information content (AvgIpc) is 3.16. The number of halogens is 1. The first-order valence-corrected chi connectivity index (χ1v) is 9.36. The predicted octanol–water partition coefficient (Wildman–Crippen LogP) is 4.24. The second-order valence-electron chi connectivity index (χ2n) is 6.07. The molecule has 1 heterocycles. The maximum absolute atomic E-state index is 11.8. The Morgan fingerprint density at radius 2 is 1.93 bits per heavy atom. The quantitative estimate of drug-likeness (QED) is 0.408. The van der Waals surface area contributed by atoms with Crippen LogP contribution in [-0.2, 0) is 4.79 Å². The monoisotopic (exact) mass is 456 g/mol. The van der Waals surface area contributed by atoms with Crippen molar-refractivity contribution in [2.75, 3.05) is 6.61 Å². The summed E-state index contributed by atoms with van der Waals surface area (Å²) in [7, 11) is 0. The molecule has 0 aliphatic rings. The standard InChI is InChI=1S/C21H17BrN2O5/c1-13-10-14(21(26)27)2-8-18(13)19-9-7-17(29-19)11-23-24-20(25)12-28-16-5-3-15(22)4-6-16/h2-11H,12H2,1H3,(H,24,25)(H,26,27)/b23-11-. The van der Waals surface area contributed by atoms with Crippen LogP contribution in [0.4, 0.5) is 0 Å². The molecule has 3 rings (SSSR count). The molecule has 0 saturated carbocycles. The summed E-state index contributed by atoms with van der Waals surface area (Å²) in [4.78, 5) is 22.8. The maximum atomic E-state index is 11.8. The summed E-state index contributed by atoms with van der Waals surface area (Å²) in [5, 5.41) is 12.9. The van der Waals surface area contributed by atoms with Crippen LogP contribution < -0.4 is 10.2 Å². The van der Waals surface area contributed by atoms with E-state index in [0.29, 0.717) is 17.3 Å². The van der Waals surface area contributed by atoms with Crippen LogP contribution in [0.5, 0.6) is 5.75 Å². The van der Waals surface area contributed by atoms with E-state index in [0.717, 1.165) is 15.6 Å². The smallest absolute Gasteiger partial charge is 0.335 e. The molecule has 8 heteroatoms. The number of nitrogens with zero attached hydrogens (tertiary/aromatic N) is 1. The minimum absolute atomic E-state index is 0.169. The van der Waals surface area contributed by atoms with Crippen molar-refractivity contribution in [3.05, 3.63) is 76.0 Å². The zero-order valence-corrected chi connectivity index (χ0v) is 17.0. The number of aromatic carboxylic acids is 1. The first kappa shape index (κ1) is 20.3. The molecule has 7 nitrogen and oxygen atoms in total. The van der Waals surface area contributed by atoms with Crippen molar-refractivity contribution in [3.63, 3.8) is 0 Å². The van der Waals surface area contributed by atoms with Crippen LogP contribution >= 0.6 is 15.9 Å². The Labute approximate surface area is 175 Å². The van der Waals surface area contributed by atoms with E-state index in [2.05, 4.69) is 26.5 Å². The van der Waals surface area contributed by atoms with Gasteiger partial charge >= 0.3 is 5.97 Å². The molecule has 2 aromatic carbocycles. The lowest BCUT2D eigenvalue weighted by molar-refractivity contribution is -0.123. The highest BCUT2D eigenvalue weighted by Crippen LogP contribution is 2.26. The summed E-state index contributed by atoms with van der Waals surface area (Å²) < 4.78 is 12.0. The van der Waals surface area contributed by atoms with Gasteiger partial charge in [0.2, 0.25) is 0 Å². The van der Waals surface area contributed by atoms with Gasteiger partial charge in [0, 0.05) is 10.0 Å². The van der Waals surface area contributed by atoms with Crippen molar-refractivity contribution in [2.45, 2.75) is 6.92 Å². The molecule has 0 saturated heterocycles. The normalized spacial score (nSPS) is 10.8. The van der Waals surface area contributed by atoms with E-state index in [4.69, 9.17) is 14.3 Å². The molecule has 3 aromatic rings. The van der Waals surface area contributed by atoms with Gasteiger partial charge in [0.1, 0.15) is 17.3 Å². The second-order valence-corrected chi connectivity index (χ2v) is 6.99. The highest BCUT2D eigenvalue weighted by Gasteiger charge is 2.10. The van der Waals surface area contributed by atoms with Crippen molar-refractivity contribution < 1.29 is 23.8 Å². The molecule has 1 amide bonds. The first-order chi connectivity index (χ1) is 13.9. The molecule has 148 valence electrons. The molecule has 0 fully saturated rings. The van der Waals surface area contributed by atoms with E-state index in [1.54, 1.807) is 36.4 Å². The molecular formula is C21H17BrN2O5. The highest BCUT2D eigenvalue weighted by molar-refractivity contribution is 9.10. The number of aryl methyl sites for hydroxylation is 1. The number of carboxylic acid groups (broad SMARTS) is 1. The lowest BCUT2D eigenvalue weighted by Gasteiger charge is -2.04. The first-order valence-electron chi connectivity index (χ1n) is 8.57. The molecule has 0 atom stereocenters. The molecule has 29 heavy (non-hydrogen) atoms. The number of nitrogens with one attached hydrogen (secondary N) is 1. The van der Waals surface area contributed by atoms with E-state index >= 15 is 0 Å². The van der Waals surface area contributed by atoms with E-state index in [1.165, 1.54) is 12.3 Å². The van der Waals surface area contributed by atoms with Gasteiger partial charge in [-0.25, -0.2) is 10.2 Å². The molecule has 0 aliphatic carbocycles. The summed E-state index contributed by atoms with van der Waals surface area (Å²) in [6, 6.07) is 15.4. The predicted molar refractivity (Wildman–Crippen MR) is 111 cm³/mol. The number of hydrogen-bond acceptors (Lipinski definition) is 5. The molecule has 0 radical (unpaired) electrons. The topological polar surface area (TPSA) is 101 Å². The number of amides is 1. The van der Waals surface area contributed by atoms with Crippen molar-refractivity contribution in [1.82, 2.24) is 5.43 Å². The Kier molecular flexibility index (Phi) is 6.46. The zero-order valence-electron chi connectivity index (χ0n) is 15.4. The summed E-state index contributed by atoms with van der Waals surface area (Å²) >= 11 is 3.32. The number of furan rings is 1.